The van der Waals surface area contributed by atoms with Gasteiger partial charge in [-0.3, -0.25) is 9.20 Å². The van der Waals surface area contributed by atoms with Gasteiger partial charge in [0.15, 0.2) is 16.6 Å². The highest BCUT2D eigenvalue weighted by Crippen LogP contribution is 2.21. The lowest BCUT2D eigenvalue weighted by Gasteiger charge is -2.05. The van der Waals surface area contributed by atoms with Crippen molar-refractivity contribution in [1.29, 1.82) is 0 Å². The Balaban J connectivity index is 1.81. The molecule has 0 aliphatic carbocycles. The summed E-state index contributed by atoms with van der Waals surface area (Å²) in [6.45, 7) is 2.23. The van der Waals surface area contributed by atoms with E-state index in [-0.39, 0.29) is 5.56 Å². The predicted molar refractivity (Wildman–Crippen MR) is 85.0 cm³/mol. The molecule has 3 aromatic heterocycles. The van der Waals surface area contributed by atoms with Crippen LogP contribution in [0.2, 0.25) is 0 Å². The lowest BCUT2D eigenvalue weighted by atomic mass is 10.2. The summed E-state index contributed by atoms with van der Waals surface area (Å²) in [6, 6.07) is 5.49. The standard InChI is InChI=1S/C16H11F2N3OS/c1-9-7-21-15(22)5-11(19-16(21)23-9)8-20-3-2-10-4-12(17)13(18)6-14(10)20/h2-7H,8H2,1H3. The molecule has 0 spiro atoms. The number of hydrogen-bond donors (Lipinski definition) is 0. The van der Waals surface area contributed by atoms with Gasteiger partial charge in [0.1, 0.15) is 0 Å². The maximum Gasteiger partial charge on any atom is 0.258 e. The molecular weight excluding hydrogens is 320 g/mol. The van der Waals surface area contributed by atoms with Crippen molar-refractivity contribution < 1.29 is 8.78 Å². The van der Waals surface area contributed by atoms with Crippen molar-refractivity contribution in [2.24, 2.45) is 0 Å². The molecule has 4 rings (SSSR count). The first-order valence-electron chi connectivity index (χ1n) is 6.94. The van der Waals surface area contributed by atoms with Gasteiger partial charge in [-0.1, -0.05) is 0 Å². The molecule has 0 bridgehead atoms. The van der Waals surface area contributed by atoms with Crippen molar-refractivity contribution in [1.82, 2.24) is 14.0 Å². The number of aryl methyl sites for hydroxylation is 1. The molecule has 7 heteroatoms. The van der Waals surface area contributed by atoms with Crippen molar-refractivity contribution in [3.8, 4) is 0 Å². The fourth-order valence-electron chi connectivity index (χ4n) is 2.64. The Labute approximate surface area is 133 Å². The molecular formula is C16H11F2N3OS. The quantitative estimate of drug-likeness (QED) is 0.565. The fourth-order valence-corrected chi connectivity index (χ4v) is 3.49. The summed E-state index contributed by atoms with van der Waals surface area (Å²) in [5, 5.41) is 0.605. The maximum atomic E-state index is 13.5. The van der Waals surface area contributed by atoms with Crippen LogP contribution in [0.15, 0.2) is 41.5 Å². The summed E-state index contributed by atoms with van der Waals surface area (Å²) in [7, 11) is 0. The SMILES string of the molecule is Cc1cn2c(=O)cc(Cn3ccc4cc(F)c(F)cc43)nc2s1. The minimum absolute atomic E-state index is 0.150. The molecule has 3 heterocycles. The smallest absolute Gasteiger partial charge is 0.258 e. The van der Waals surface area contributed by atoms with E-state index in [9.17, 15) is 13.6 Å². The topological polar surface area (TPSA) is 39.3 Å². The van der Waals surface area contributed by atoms with Gasteiger partial charge in [-0.2, -0.15) is 0 Å². The van der Waals surface area contributed by atoms with Gasteiger partial charge in [0, 0.05) is 34.8 Å². The molecule has 0 aliphatic heterocycles. The lowest BCUT2D eigenvalue weighted by molar-refractivity contribution is 0.510. The zero-order chi connectivity index (χ0) is 16.1. The molecule has 116 valence electrons. The van der Waals surface area contributed by atoms with Crippen molar-refractivity contribution in [2.45, 2.75) is 13.5 Å². The first-order chi connectivity index (χ1) is 11.0. The average Bonchev–Trinajstić information content (AvgIpc) is 3.04. The molecule has 0 saturated heterocycles. The Bertz CT molecular complexity index is 1110. The minimum Gasteiger partial charge on any atom is -0.341 e. The number of fused-ring (bicyclic) bond motifs is 2. The number of thiazole rings is 1. The first kappa shape index (κ1) is 14.1. The summed E-state index contributed by atoms with van der Waals surface area (Å²) in [6.07, 6.45) is 3.48. The molecule has 0 atom stereocenters. The predicted octanol–water partition coefficient (Wildman–Crippen LogP) is 3.35. The number of hydrogen-bond acceptors (Lipinski definition) is 3. The van der Waals surface area contributed by atoms with E-state index in [1.807, 2.05) is 6.92 Å². The van der Waals surface area contributed by atoms with Crippen LogP contribution < -0.4 is 5.56 Å². The van der Waals surface area contributed by atoms with E-state index >= 15 is 0 Å². The first-order valence-corrected chi connectivity index (χ1v) is 7.75. The molecule has 0 aliphatic rings. The van der Waals surface area contributed by atoms with Gasteiger partial charge in [0.2, 0.25) is 0 Å². The van der Waals surface area contributed by atoms with Gasteiger partial charge < -0.3 is 4.57 Å². The van der Waals surface area contributed by atoms with Gasteiger partial charge in [0.05, 0.1) is 17.8 Å². The van der Waals surface area contributed by atoms with Crippen molar-refractivity contribution in [3.63, 3.8) is 0 Å². The Morgan fingerprint density at radius 1 is 1.22 bits per heavy atom. The maximum absolute atomic E-state index is 13.5. The summed E-state index contributed by atoms with van der Waals surface area (Å²) < 4.78 is 30.0. The van der Waals surface area contributed by atoms with Crippen LogP contribution in [0.4, 0.5) is 8.78 Å². The zero-order valence-corrected chi connectivity index (χ0v) is 12.9. The van der Waals surface area contributed by atoms with Gasteiger partial charge in [-0.25, -0.2) is 13.8 Å². The number of rotatable bonds is 2. The summed E-state index contributed by atoms with van der Waals surface area (Å²) >= 11 is 1.43. The van der Waals surface area contributed by atoms with Gasteiger partial charge in [0.25, 0.3) is 5.56 Å². The third kappa shape index (κ3) is 2.33. The summed E-state index contributed by atoms with van der Waals surface area (Å²) in [5.74, 6) is -1.77. The highest BCUT2D eigenvalue weighted by molar-refractivity contribution is 7.16. The number of benzene rings is 1. The molecule has 23 heavy (non-hydrogen) atoms. The van der Waals surface area contributed by atoms with E-state index in [1.165, 1.54) is 21.8 Å². The van der Waals surface area contributed by atoms with Crippen LogP contribution in [-0.2, 0) is 6.54 Å². The lowest BCUT2D eigenvalue weighted by Crippen LogP contribution is -2.14. The van der Waals surface area contributed by atoms with Gasteiger partial charge in [-0.05, 0) is 19.1 Å². The van der Waals surface area contributed by atoms with E-state index in [1.54, 1.807) is 23.0 Å². The van der Waals surface area contributed by atoms with Crippen molar-refractivity contribution in [2.75, 3.05) is 0 Å². The molecule has 1 aromatic carbocycles. The van der Waals surface area contributed by atoms with Crippen molar-refractivity contribution in [3.05, 3.63) is 69.2 Å². The number of halogens is 2. The summed E-state index contributed by atoms with van der Waals surface area (Å²) in [5.41, 5.74) is 0.996. The Kier molecular flexibility index (Phi) is 3.05. The minimum atomic E-state index is -0.894. The number of nitrogens with zero attached hydrogens (tertiary/aromatic N) is 3. The van der Waals surface area contributed by atoms with Crippen LogP contribution >= 0.6 is 11.3 Å². The Hall–Kier alpha value is -2.54. The Morgan fingerprint density at radius 3 is 2.83 bits per heavy atom. The second-order valence-corrected chi connectivity index (χ2v) is 6.56. The monoisotopic (exact) mass is 331 g/mol. The van der Waals surface area contributed by atoms with Crippen molar-refractivity contribution >= 4 is 27.2 Å². The second-order valence-electron chi connectivity index (χ2n) is 5.35. The van der Waals surface area contributed by atoms with Crippen LogP contribution in [0.5, 0.6) is 0 Å². The fraction of sp³-hybridized carbons (Fsp3) is 0.125. The zero-order valence-electron chi connectivity index (χ0n) is 12.1. The molecule has 4 aromatic rings. The normalized spacial score (nSPS) is 11.6. The highest BCUT2D eigenvalue weighted by Gasteiger charge is 2.10. The summed E-state index contributed by atoms with van der Waals surface area (Å²) in [4.78, 5) is 18.2. The van der Waals surface area contributed by atoms with Crippen LogP contribution in [-0.4, -0.2) is 14.0 Å². The molecule has 0 fully saturated rings. The van der Waals surface area contributed by atoms with E-state index in [2.05, 4.69) is 4.98 Å². The molecule has 4 nitrogen and oxygen atoms in total. The van der Waals surface area contributed by atoms with Crippen LogP contribution in [0.3, 0.4) is 0 Å². The van der Waals surface area contributed by atoms with E-state index in [0.717, 1.165) is 17.0 Å². The van der Waals surface area contributed by atoms with Gasteiger partial charge in [-0.15, -0.1) is 11.3 Å². The molecule has 0 amide bonds. The third-order valence-electron chi connectivity index (χ3n) is 3.68. The molecule has 0 radical (unpaired) electrons. The van der Waals surface area contributed by atoms with Crippen LogP contribution in [0.25, 0.3) is 15.9 Å². The van der Waals surface area contributed by atoms with E-state index < -0.39 is 11.6 Å². The van der Waals surface area contributed by atoms with Crippen LogP contribution in [0.1, 0.15) is 10.6 Å². The van der Waals surface area contributed by atoms with E-state index in [0.29, 0.717) is 28.1 Å². The van der Waals surface area contributed by atoms with Gasteiger partial charge >= 0.3 is 0 Å². The average molecular weight is 331 g/mol. The van der Waals surface area contributed by atoms with E-state index in [4.69, 9.17) is 0 Å². The van der Waals surface area contributed by atoms with Crippen LogP contribution in [0, 0.1) is 18.6 Å². The molecule has 0 unspecified atom stereocenters. The molecule has 0 saturated carbocycles. The Morgan fingerprint density at radius 2 is 2.00 bits per heavy atom. The second kappa shape index (κ2) is 4.99. The largest absolute Gasteiger partial charge is 0.341 e. The molecule has 0 N–H and O–H groups in total. The number of aromatic nitrogens is 3. The third-order valence-corrected chi connectivity index (χ3v) is 4.58. The highest BCUT2D eigenvalue weighted by atomic mass is 32.1.